The third-order valence-corrected chi connectivity index (χ3v) is 3.81. The number of benzene rings is 2. The molecule has 0 saturated carbocycles. The van der Waals surface area contributed by atoms with Crippen LogP contribution in [0.4, 0.5) is 5.69 Å². The van der Waals surface area contributed by atoms with E-state index in [4.69, 9.17) is 16.3 Å². The Morgan fingerprint density at radius 1 is 1.20 bits per heavy atom. The quantitative estimate of drug-likeness (QED) is 0.444. The van der Waals surface area contributed by atoms with Crippen LogP contribution in [-0.2, 0) is 12.5 Å². The van der Waals surface area contributed by atoms with Crippen molar-refractivity contribution < 1.29 is 9.66 Å². The standard InChI is InChI=1S/C14H11BrClNO3/c15-13-6-5-12(7-11(13)8-16)20-9-10-3-1-2-4-14(10)17(18)19/h1-7H,8-9H2. The van der Waals surface area contributed by atoms with Crippen molar-refractivity contribution >= 4 is 33.2 Å². The number of nitro groups is 1. The van der Waals surface area contributed by atoms with Crippen LogP contribution in [0.2, 0.25) is 0 Å². The fraction of sp³-hybridized carbons (Fsp3) is 0.143. The van der Waals surface area contributed by atoms with Gasteiger partial charge in [-0.3, -0.25) is 10.1 Å². The predicted octanol–water partition coefficient (Wildman–Crippen LogP) is 4.68. The van der Waals surface area contributed by atoms with Crippen LogP contribution < -0.4 is 4.74 Å². The van der Waals surface area contributed by atoms with Crippen molar-refractivity contribution in [3.8, 4) is 5.75 Å². The number of para-hydroxylation sites is 1. The Morgan fingerprint density at radius 3 is 2.65 bits per heavy atom. The number of ether oxygens (including phenoxy) is 1. The first-order valence-corrected chi connectivity index (χ1v) is 7.14. The second-order valence-corrected chi connectivity index (χ2v) is 5.18. The monoisotopic (exact) mass is 355 g/mol. The molecule has 0 saturated heterocycles. The minimum Gasteiger partial charge on any atom is -0.489 e. The first kappa shape index (κ1) is 14.8. The van der Waals surface area contributed by atoms with E-state index < -0.39 is 4.92 Å². The molecule has 4 nitrogen and oxygen atoms in total. The summed E-state index contributed by atoms with van der Waals surface area (Å²) in [6, 6.07) is 12.0. The highest BCUT2D eigenvalue weighted by Gasteiger charge is 2.12. The number of nitrogens with zero attached hydrogens (tertiary/aromatic N) is 1. The van der Waals surface area contributed by atoms with Crippen molar-refractivity contribution in [3.63, 3.8) is 0 Å². The second kappa shape index (κ2) is 6.72. The first-order valence-electron chi connectivity index (χ1n) is 5.81. The average Bonchev–Trinajstić information content (AvgIpc) is 2.46. The maximum atomic E-state index is 10.9. The van der Waals surface area contributed by atoms with Gasteiger partial charge in [0.2, 0.25) is 0 Å². The van der Waals surface area contributed by atoms with Gasteiger partial charge in [0.05, 0.1) is 10.5 Å². The van der Waals surface area contributed by atoms with Gasteiger partial charge in [0.15, 0.2) is 0 Å². The molecule has 0 bridgehead atoms. The largest absolute Gasteiger partial charge is 0.489 e. The number of alkyl halides is 1. The lowest BCUT2D eigenvalue weighted by Gasteiger charge is -2.09. The van der Waals surface area contributed by atoms with Gasteiger partial charge in [-0.25, -0.2) is 0 Å². The molecule has 0 aromatic heterocycles. The highest BCUT2D eigenvalue weighted by molar-refractivity contribution is 9.10. The van der Waals surface area contributed by atoms with E-state index in [9.17, 15) is 10.1 Å². The minimum atomic E-state index is -0.412. The molecule has 0 spiro atoms. The van der Waals surface area contributed by atoms with Crippen molar-refractivity contribution in [1.82, 2.24) is 0 Å². The highest BCUT2D eigenvalue weighted by Crippen LogP contribution is 2.25. The summed E-state index contributed by atoms with van der Waals surface area (Å²) in [6.45, 7) is 0.139. The molecule has 2 aromatic carbocycles. The van der Waals surface area contributed by atoms with E-state index in [1.807, 2.05) is 12.1 Å². The summed E-state index contributed by atoms with van der Waals surface area (Å²) in [6.07, 6.45) is 0. The Balaban J connectivity index is 2.15. The molecule has 0 unspecified atom stereocenters. The van der Waals surface area contributed by atoms with Crippen molar-refractivity contribution in [2.45, 2.75) is 12.5 Å². The average molecular weight is 357 g/mol. The van der Waals surface area contributed by atoms with Crippen molar-refractivity contribution in [2.24, 2.45) is 0 Å². The normalized spacial score (nSPS) is 10.3. The molecular weight excluding hydrogens is 346 g/mol. The van der Waals surface area contributed by atoms with Crippen LogP contribution in [0.25, 0.3) is 0 Å². The Kier molecular flexibility index (Phi) is 4.98. The lowest BCUT2D eigenvalue weighted by Crippen LogP contribution is -2.00. The van der Waals surface area contributed by atoms with E-state index in [2.05, 4.69) is 15.9 Å². The van der Waals surface area contributed by atoms with E-state index >= 15 is 0 Å². The van der Waals surface area contributed by atoms with Gasteiger partial charge >= 0.3 is 0 Å². The third kappa shape index (κ3) is 3.49. The van der Waals surface area contributed by atoms with E-state index in [1.54, 1.807) is 24.3 Å². The summed E-state index contributed by atoms with van der Waals surface area (Å²) in [5.74, 6) is 0.991. The zero-order valence-corrected chi connectivity index (χ0v) is 12.7. The van der Waals surface area contributed by atoms with Crippen LogP contribution in [0.15, 0.2) is 46.9 Å². The summed E-state index contributed by atoms with van der Waals surface area (Å²) in [5.41, 5.74) is 1.50. The molecule has 0 amide bonds. The highest BCUT2D eigenvalue weighted by atomic mass is 79.9. The molecular formula is C14H11BrClNO3. The van der Waals surface area contributed by atoms with Crippen LogP contribution in [0.1, 0.15) is 11.1 Å². The molecule has 0 radical (unpaired) electrons. The Bertz CT molecular complexity index is 634. The number of hydrogen-bond acceptors (Lipinski definition) is 3. The number of rotatable bonds is 5. The van der Waals surface area contributed by atoms with Crippen LogP contribution >= 0.6 is 27.5 Å². The fourth-order valence-corrected chi connectivity index (χ4v) is 2.48. The van der Waals surface area contributed by atoms with Gasteiger partial charge in [0, 0.05) is 16.4 Å². The summed E-state index contributed by atoms with van der Waals surface area (Å²) in [7, 11) is 0. The zero-order chi connectivity index (χ0) is 14.5. The summed E-state index contributed by atoms with van der Waals surface area (Å²) in [5, 5.41) is 10.9. The molecule has 104 valence electrons. The van der Waals surface area contributed by atoms with Crippen LogP contribution in [0.5, 0.6) is 5.75 Å². The van der Waals surface area contributed by atoms with Gasteiger partial charge in [-0.1, -0.05) is 28.1 Å². The van der Waals surface area contributed by atoms with Crippen LogP contribution in [-0.4, -0.2) is 4.92 Å². The van der Waals surface area contributed by atoms with Crippen molar-refractivity contribution in [3.05, 3.63) is 68.2 Å². The predicted molar refractivity (Wildman–Crippen MR) is 81.1 cm³/mol. The minimum absolute atomic E-state index is 0.0576. The third-order valence-electron chi connectivity index (χ3n) is 2.74. The number of nitro benzene ring substituents is 1. The Labute approximate surface area is 129 Å². The summed E-state index contributed by atoms with van der Waals surface area (Å²) < 4.78 is 6.50. The van der Waals surface area contributed by atoms with E-state index in [-0.39, 0.29) is 12.3 Å². The van der Waals surface area contributed by atoms with Crippen molar-refractivity contribution in [2.75, 3.05) is 0 Å². The van der Waals surface area contributed by atoms with Gasteiger partial charge in [0.1, 0.15) is 12.4 Å². The van der Waals surface area contributed by atoms with Crippen LogP contribution in [0.3, 0.4) is 0 Å². The molecule has 2 aromatic rings. The molecule has 20 heavy (non-hydrogen) atoms. The number of hydrogen-bond donors (Lipinski definition) is 0. The van der Waals surface area contributed by atoms with Crippen LogP contribution in [0, 0.1) is 10.1 Å². The molecule has 2 rings (SSSR count). The SMILES string of the molecule is O=[N+]([O-])c1ccccc1COc1ccc(Br)c(CCl)c1. The zero-order valence-electron chi connectivity index (χ0n) is 10.4. The number of halogens is 2. The molecule has 0 N–H and O–H groups in total. The van der Waals surface area contributed by atoms with Gasteiger partial charge in [-0.2, -0.15) is 0 Å². The topological polar surface area (TPSA) is 52.4 Å². The maximum Gasteiger partial charge on any atom is 0.276 e. The maximum absolute atomic E-state index is 10.9. The second-order valence-electron chi connectivity index (χ2n) is 4.06. The molecule has 0 aliphatic heterocycles. The smallest absolute Gasteiger partial charge is 0.276 e. The van der Waals surface area contributed by atoms with E-state index in [1.165, 1.54) is 6.07 Å². The Hall–Kier alpha value is -1.59. The van der Waals surface area contributed by atoms with Gasteiger partial charge in [-0.05, 0) is 29.8 Å². The molecule has 6 heteroatoms. The lowest BCUT2D eigenvalue weighted by atomic mass is 10.2. The molecule has 0 fully saturated rings. The fourth-order valence-electron chi connectivity index (χ4n) is 1.72. The lowest BCUT2D eigenvalue weighted by molar-refractivity contribution is -0.385. The van der Waals surface area contributed by atoms with Gasteiger partial charge in [0.25, 0.3) is 5.69 Å². The van der Waals surface area contributed by atoms with Gasteiger partial charge < -0.3 is 4.74 Å². The van der Waals surface area contributed by atoms with Crippen molar-refractivity contribution in [1.29, 1.82) is 0 Å². The molecule has 0 atom stereocenters. The molecule has 0 aliphatic rings. The summed E-state index contributed by atoms with van der Waals surface area (Å²) >= 11 is 9.20. The van der Waals surface area contributed by atoms with E-state index in [0.717, 1.165) is 10.0 Å². The summed E-state index contributed by atoms with van der Waals surface area (Å²) in [4.78, 5) is 10.5. The first-order chi connectivity index (χ1) is 9.61. The molecule has 0 aliphatic carbocycles. The van der Waals surface area contributed by atoms with Gasteiger partial charge in [-0.15, -0.1) is 11.6 Å². The Morgan fingerprint density at radius 2 is 1.95 bits per heavy atom. The molecule has 0 heterocycles. The van der Waals surface area contributed by atoms with E-state index in [0.29, 0.717) is 17.2 Å².